The summed E-state index contributed by atoms with van der Waals surface area (Å²) < 4.78 is 0. The molecule has 1 aromatic rings. The lowest BCUT2D eigenvalue weighted by molar-refractivity contribution is 0.0947. The van der Waals surface area contributed by atoms with Crippen molar-refractivity contribution in [3.63, 3.8) is 0 Å². The minimum Gasteiger partial charge on any atom is -0.382 e. The molecule has 0 saturated heterocycles. The molecule has 2 aliphatic rings. The zero-order valence-electron chi connectivity index (χ0n) is 12.8. The van der Waals surface area contributed by atoms with Crippen LogP contribution in [-0.2, 0) is 0 Å². The third-order valence-corrected chi connectivity index (χ3v) is 5.85. The summed E-state index contributed by atoms with van der Waals surface area (Å²) in [5.41, 5.74) is 6.33. The molecule has 3 N–H and O–H groups in total. The van der Waals surface area contributed by atoms with E-state index in [9.17, 15) is 4.79 Å². The van der Waals surface area contributed by atoms with Gasteiger partial charge in [-0.1, -0.05) is 18.3 Å². The Morgan fingerprint density at radius 2 is 2.24 bits per heavy atom. The standard InChI is InChI=1S/C15H24N4OS/c1-3-8-19(2)14-18-12(16)11(21-14)13(20)17-9-15(6-7-15)10-4-5-10/h10H,3-9,16H2,1-2H3,(H,17,20). The molecule has 1 aromatic heterocycles. The Balaban J connectivity index is 1.61. The van der Waals surface area contributed by atoms with Gasteiger partial charge in [0, 0.05) is 20.1 Å². The summed E-state index contributed by atoms with van der Waals surface area (Å²) in [6, 6.07) is 0. The summed E-state index contributed by atoms with van der Waals surface area (Å²) in [7, 11) is 1.98. The van der Waals surface area contributed by atoms with Crippen molar-refractivity contribution in [2.24, 2.45) is 11.3 Å². The SMILES string of the molecule is CCCN(C)c1nc(N)c(C(=O)NCC2(C3CC3)CC2)s1. The van der Waals surface area contributed by atoms with E-state index in [4.69, 9.17) is 5.73 Å². The number of thiazole rings is 1. The van der Waals surface area contributed by atoms with Crippen molar-refractivity contribution < 1.29 is 4.79 Å². The van der Waals surface area contributed by atoms with Gasteiger partial charge in [0.05, 0.1) is 0 Å². The molecule has 0 radical (unpaired) electrons. The Bertz CT molecular complexity index is 534. The number of nitrogens with one attached hydrogen (secondary N) is 1. The molecule has 2 aliphatic carbocycles. The number of hydrogen-bond donors (Lipinski definition) is 2. The largest absolute Gasteiger partial charge is 0.382 e. The van der Waals surface area contributed by atoms with E-state index in [0.717, 1.165) is 30.6 Å². The van der Waals surface area contributed by atoms with Gasteiger partial charge in [-0.05, 0) is 43.4 Å². The lowest BCUT2D eigenvalue weighted by Gasteiger charge is -2.14. The second-order valence-electron chi connectivity index (χ2n) is 6.45. The molecule has 1 heterocycles. The first-order valence-electron chi connectivity index (χ1n) is 7.81. The monoisotopic (exact) mass is 308 g/mol. The van der Waals surface area contributed by atoms with Crippen LogP contribution >= 0.6 is 11.3 Å². The fraction of sp³-hybridized carbons (Fsp3) is 0.733. The molecular weight excluding hydrogens is 284 g/mol. The topological polar surface area (TPSA) is 71.2 Å². The highest BCUT2D eigenvalue weighted by molar-refractivity contribution is 7.18. The molecule has 2 saturated carbocycles. The third-order valence-electron chi connectivity index (χ3n) is 4.67. The van der Waals surface area contributed by atoms with Gasteiger partial charge < -0.3 is 16.0 Å². The molecule has 0 spiro atoms. The zero-order chi connectivity index (χ0) is 15.0. The molecule has 0 aliphatic heterocycles. The minimum atomic E-state index is -0.0620. The highest BCUT2D eigenvalue weighted by atomic mass is 32.1. The van der Waals surface area contributed by atoms with E-state index in [1.165, 1.54) is 37.0 Å². The van der Waals surface area contributed by atoms with E-state index in [2.05, 4.69) is 17.2 Å². The first-order valence-corrected chi connectivity index (χ1v) is 8.63. The van der Waals surface area contributed by atoms with E-state index in [1.54, 1.807) is 0 Å². The van der Waals surface area contributed by atoms with Gasteiger partial charge in [-0.15, -0.1) is 0 Å². The van der Waals surface area contributed by atoms with E-state index in [1.807, 2.05) is 11.9 Å². The van der Waals surface area contributed by atoms with Crippen LogP contribution < -0.4 is 16.0 Å². The highest BCUT2D eigenvalue weighted by Crippen LogP contribution is 2.60. The maximum atomic E-state index is 12.3. The van der Waals surface area contributed by atoms with Gasteiger partial charge in [-0.25, -0.2) is 4.98 Å². The number of hydrogen-bond acceptors (Lipinski definition) is 5. The fourth-order valence-electron chi connectivity index (χ4n) is 3.00. The van der Waals surface area contributed by atoms with E-state index < -0.39 is 0 Å². The van der Waals surface area contributed by atoms with E-state index in [0.29, 0.717) is 16.1 Å². The molecule has 0 atom stereocenters. The van der Waals surface area contributed by atoms with Crippen LogP contribution in [0.2, 0.25) is 0 Å². The number of amides is 1. The summed E-state index contributed by atoms with van der Waals surface area (Å²) in [4.78, 5) is 19.3. The Labute approximate surface area is 129 Å². The van der Waals surface area contributed by atoms with Crippen molar-refractivity contribution in [3.05, 3.63) is 4.88 Å². The number of carbonyl (C=O) groups is 1. The van der Waals surface area contributed by atoms with Crippen LogP contribution in [0.5, 0.6) is 0 Å². The molecule has 116 valence electrons. The number of nitrogen functional groups attached to an aromatic ring is 1. The van der Waals surface area contributed by atoms with Crippen molar-refractivity contribution in [3.8, 4) is 0 Å². The number of anilines is 2. The van der Waals surface area contributed by atoms with E-state index >= 15 is 0 Å². The van der Waals surface area contributed by atoms with Gasteiger partial charge >= 0.3 is 0 Å². The van der Waals surface area contributed by atoms with Gasteiger partial charge in [-0.2, -0.15) is 0 Å². The smallest absolute Gasteiger partial charge is 0.265 e. The van der Waals surface area contributed by atoms with Crippen molar-refractivity contribution in [2.75, 3.05) is 30.8 Å². The average Bonchev–Trinajstić information content (AvgIpc) is 3.34. The van der Waals surface area contributed by atoms with Crippen LogP contribution in [0, 0.1) is 11.3 Å². The number of carbonyl (C=O) groups excluding carboxylic acids is 1. The first-order chi connectivity index (χ1) is 10.1. The van der Waals surface area contributed by atoms with Gasteiger partial charge in [0.2, 0.25) is 0 Å². The Hall–Kier alpha value is -1.30. The molecule has 2 fully saturated rings. The molecular formula is C15H24N4OS. The predicted molar refractivity (Wildman–Crippen MR) is 86.8 cm³/mol. The third kappa shape index (κ3) is 3.00. The maximum absolute atomic E-state index is 12.3. The molecule has 1 amide bonds. The van der Waals surface area contributed by atoms with Crippen molar-refractivity contribution in [1.82, 2.24) is 10.3 Å². The van der Waals surface area contributed by atoms with Crippen LogP contribution in [0.3, 0.4) is 0 Å². The predicted octanol–water partition coefficient (Wildman–Crippen LogP) is 2.49. The van der Waals surface area contributed by atoms with Gasteiger partial charge in [0.1, 0.15) is 10.7 Å². The number of rotatable bonds is 7. The van der Waals surface area contributed by atoms with Crippen molar-refractivity contribution >= 4 is 28.2 Å². The second-order valence-corrected chi connectivity index (χ2v) is 7.43. The quantitative estimate of drug-likeness (QED) is 0.812. The average molecular weight is 308 g/mol. The lowest BCUT2D eigenvalue weighted by Crippen LogP contribution is -2.31. The Morgan fingerprint density at radius 3 is 2.81 bits per heavy atom. The fourth-order valence-corrected chi connectivity index (χ4v) is 3.89. The zero-order valence-corrected chi connectivity index (χ0v) is 13.6. The number of nitrogens with zero attached hydrogens (tertiary/aromatic N) is 2. The van der Waals surface area contributed by atoms with Crippen LogP contribution in [0.15, 0.2) is 0 Å². The molecule has 0 bridgehead atoms. The number of nitrogens with two attached hydrogens (primary N) is 1. The summed E-state index contributed by atoms with van der Waals surface area (Å²) >= 11 is 1.39. The lowest BCUT2D eigenvalue weighted by atomic mass is 10.0. The molecule has 5 nitrogen and oxygen atoms in total. The van der Waals surface area contributed by atoms with Crippen LogP contribution in [-0.4, -0.2) is 31.0 Å². The highest BCUT2D eigenvalue weighted by Gasteiger charge is 2.53. The molecule has 3 rings (SSSR count). The Morgan fingerprint density at radius 1 is 1.52 bits per heavy atom. The van der Waals surface area contributed by atoms with Gasteiger partial charge in [0.25, 0.3) is 5.91 Å². The van der Waals surface area contributed by atoms with Gasteiger partial charge in [-0.3, -0.25) is 4.79 Å². The van der Waals surface area contributed by atoms with Crippen molar-refractivity contribution in [2.45, 2.75) is 39.0 Å². The minimum absolute atomic E-state index is 0.0620. The van der Waals surface area contributed by atoms with Crippen molar-refractivity contribution in [1.29, 1.82) is 0 Å². The molecule has 0 aromatic carbocycles. The second kappa shape index (κ2) is 5.48. The maximum Gasteiger partial charge on any atom is 0.265 e. The molecule has 6 heteroatoms. The summed E-state index contributed by atoms with van der Waals surface area (Å²) in [5.74, 6) is 1.14. The first kappa shape index (κ1) is 14.6. The van der Waals surface area contributed by atoms with Gasteiger partial charge in [0.15, 0.2) is 5.13 Å². The summed E-state index contributed by atoms with van der Waals surface area (Å²) in [6.45, 7) is 3.83. The van der Waals surface area contributed by atoms with Crippen LogP contribution in [0.25, 0.3) is 0 Å². The normalized spacial score (nSPS) is 19.3. The number of aromatic nitrogens is 1. The Kier molecular flexibility index (Phi) is 3.82. The molecule has 21 heavy (non-hydrogen) atoms. The summed E-state index contributed by atoms with van der Waals surface area (Å²) in [6.07, 6.45) is 6.25. The van der Waals surface area contributed by atoms with Crippen LogP contribution in [0.1, 0.15) is 48.7 Å². The van der Waals surface area contributed by atoms with Crippen LogP contribution in [0.4, 0.5) is 10.9 Å². The summed E-state index contributed by atoms with van der Waals surface area (Å²) in [5, 5.41) is 3.90. The molecule has 0 unspecified atom stereocenters. The van der Waals surface area contributed by atoms with E-state index in [-0.39, 0.29) is 5.91 Å².